The Hall–Kier alpha value is -5.41. The minimum atomic E-state index is -1.26. The Morgan fingerprint density at radius 2 is 1.47 bits per heavy atom. The van der Waals surface area contributed by atoms with Crippen molar-refractivity contribution in [1.82, 2.24) is 4.57 Å². The van der Waals surface area contributed by atoms with E-state index in [1.54, 1.807) is 67.6 Å². The first kappa shape index (κ1) is 29.1. The Labute approximate surface area is 250 Å². The van der Waals surface area contributed by atoms with Crippen molar-refractivity contribution in [3.63, 3.8) is 0 Å². The molecule has 4 aromatic carbocycles. The van der Waals surface area contributed by atoms with Gasteiger partial charge in [-0.1, -0.05) is 41.9 Å². The van der Waals surface area contributed by atoms with Crippen molar-refractivity contribution in [3.05, 3.63) is 118 Å². The summed E-state index contributed by atoms with van der Waals surface area (Å²) in [5.74, 6) is -3.43. The molecule has 0 aliphatic carbocycles. The number of ether oxygens (including phenoxy) is 2. The third-order valence-corrected chi connectivity index (χ3v) is 7.29. The second kappa shape index (κ2) is 11.8. The fourth-order valence-electron chi connectivity index (χ4n) is 5.12. The minimum Gasteiger partial charge on any atom is -0.496 e. The quantitative estimate of drug-likeness (QED) is 0.153. The van der Waals surface area contributed by atoms with E-state index >= 15 is 0 Å². The van der Waals surface area contributed by atoms with E-state index in [2.05, 4.69) is 0 Å². The highest BCUT2D eigenvalue weighted by Gasteiger charge is 2.28. The molecule has 0 amide bonds. The number of esters is 1. The lowest BCUT2D eigenvalue weighted by molar-refractivity contribution is -0.136. The third kappa shape index (κ3) is 5.45. The lowest BCUT2D eigenvalue weighted by Crippen LogP contribution is -2.14. The van der Waals surface area contributed by atoms with Crippen LogP contribution in [0.5, 0.6) is 11.5 Å². The Morgan fingerprint density at radius 3 is 2.12 bits per heavy atom. The molecule has 1 aromatic heterocycles. The number of hydrogen-bond donors (Lipinski definition) is 2. The highest BCUT2D eigenvalue weighted by Crippen LogP contribution is 2.43. The summed E-state index contributed by atoms with van der Waals surface area (Å²) in [6.45, 7) is 1.66. The van der Waals surface area contributed by atoms with E-state index in [1.165, 1.54) is 35.9 Å². The Morgan fingerprint density at radius 1 is 0.814 bits per heavy atom. The fraction of sp³-hybridized carbons (Fsp3) is 0.0909. The summed E-state index contributed by atoms with van der Waals surface area (Å²) >= 11 is 6.02. The molecule has 0 fully saturated rings. The van der Waals surface area contributed by atoms with Crippen LogP contribution in [0.3, 0.4) is 0 Å². The van der Waals surface area contributed by atoms with Gasteiger partial charge < -0.3 is 19.7 Å². The normalized spacial score (nSPS) is 10.9. The summed E-state index contributed by atoms with van der Waals surface area (Å²) in [4.78, 5) is 51.1. The molecule has 0 unspecified atom stereocenters. The monoisotopic (exact) mass is 597 g/mol. The smallest absolute Gasteiger partial charge is 0.344 e. The average Bonchev–Trinajstić information content (AvgIpc) is 3.27. The number of aliphatic carboxylic acids is 1. The van der Waals surface area contributed by atoms with Gasteiger partial charge in [0.25, 0.3) is 5.91 Å². The number of para-hydroxylation sites is 1. The van der Waals surface area contributed by atoms with Gasteiger partial charge in [-0.3, -0.25) is 14.2 Å². The third-order valence-electron chi connectivity index (χ3n) is 7.04. The molecule has 0 radical (unpaired) electrons. The van der Waals surface area contributed by atoms with Crippen LogP contribution in [-0.4, -0.2) is 45.7 Å². The van der Waals surface area contributed by atoms with Crippen LogP contribution in [0.25, 0.3) is 22.0 Å². The number of aromatic nitrogens is 1. The number of nitrogens with zero attached hydrogens (tertiary/aromatic N) is 1. The van der Waals surface area contributed by atoms with Gasteiger partial charge in [-0.25, -0.2) is 9.59 Å². The SMILES string of the molecule is COc1ccc2c(c(CC(=O)O)c(C)n2C(=O)c2ccc(Cl)cc2)c1-c1ccccc1C(=O)Oc1ccccc1C(=O)O. The number of carbonyl (C=O) groups is 4. The van der Waals surface area contributed by atoms with Gasteiger partial charge in [0, 0.05) is 32.8 Å². The molecule has 2 N–H and O–H groups in total. The van der Waals surface area contributed by atoms with Crippen LogP contribution >= 0.6 is 11.6 Å². The van der Waals surface area contributed by atoms with Gasteiger partial charge in [0.15, 0.2) is 0 Å². The molecule has 0 atom stereocenters. The van der Waals surface area contributed by atoms with Crippen molar-refractivity contribution < 1.29 is 38.9 Å². The Balaban J connectivity index is 1.76. The number of rotatable bonds is 8. The van der Waals surface area contributed by atoms with Crippen molar-refractivity contribution in [3.8, 4) is 22.6 Å². The number of carbonyl (C=O) groups excluding carboxylic acids is 2. The van der Waals surface area contributed by atoms with Gasteiger partial charge in [-0.05, 0) is 67.1 Å². The van der Waals surface area contributed by atoms with E-state index < -0.39 is 30.2 Å². The van der Waals surface area contributed by atoms with Crippen LogP contribution in [0, 0.1) is 6.92 Å². The maximum atomic E-state index is 13.8. The van der Waals surface area contributed by atoms with Gasteiger partial charge in [-0.2, -0.15) is 0 Å². The van der Waals surface area contributed by atoms with Gasteiger partial charge in [0.1, 0.15) is 17.1 Å². The van der Waals surface area contributed by atoms with Crippen molar-refractivity contribution in [2.75, 3.05) is 7.11 Å². The number of carboxylic acid groups (broad SMARTS) is 2. The molecule has 0 saturated carbocycles. The predicted molar refractivity (Wildman–Crippen MR) is 160 cm³/mol. The summed E-state index contributed by atoms with van der Waals surface area (Å²) in [6.07, 6.45) is -0.415. The Kier molecular flexibility index (Phi) is 8.00. The summed E-state index contributed by atoms with van der Waals surface area (Å²) in [5.41, 5.74) is 2.11. The molecule has 0 saturated heterocycles. The van der Waals surface area contributed by atoms with Crippen molar-refractivity contribution in [1.29, 1.82) is 0 Å². The molecular formula is C33H24ClNO8. The number of halogens is 1. The molecule has 0 bridgehead atoms. The number of benzene rings is 4. The van der Waals surface area contributed by atoms with Crippen LogP contribution in [0.2, 0.25) is 5.02 Å². The number of methoxy groups -OCH3 is 1. The van der Waals surface area contributed by atoms with Crippen molar-refractivity contribution >= 4 is 46.3 Å². The second-order valence-corrected chi connectivity index (χ2v) is 9.99. The lowest BCUT2D eigenvalue weighted by atomic mass is 9.93. The van der Waals surface area contributed by atoms with Crippen molar-refractivity contribution in [2.24, 2.45) is 0 Å². The van der Waals surface area contributed by atoms with Crippen LogP contribution < -0.4 is 9.47 Å². The van der Waals surface area contributed by atoms with Crippen LogP contribution in [0.1, 0.15) is 42.3 Å². The van der Waals surface area contributed by atoms with Gasteiger partial charge in [0.2, 0.25) is 0 Å². The summed E-state index contributed by atoms with van der Waals surface area (Å²) in [5, 5.41) is 20.3. The van der Waals surface area contributed by atoms with E-state index in [0.29, 0.717) is 49.6 Å². The highest BCUT2D eigenvalue weighted by atomic mass is 35.5. The second-order valence-electron chi connectivity index (χ2n) is 9.56. The van der Waals surface area contributed by atoms with Gasteiger partial charge >= 0.3 is 17.9 Å². The van der Waals surface area contributed by atoms with Crippen molar-refractivity contribution in [2.45, 2.75) is 13.3 Å². The van der Waals surface area contributed by atoms with Crippen LogP contribution in [0.4, 0.5) is 0 Å². The first-order valence-corrected chi connectivity index (χ1v) is 13.4. The fourth-order valence-corrected chi connectivity index (χ4v) is 5.24. The maximum Gasteiger partial charge on any atom is 0.344 e. The first-order valence-electron chi connectivity index (χ1n) is 13.0. The molecule has 216 valence electrons. The largest absolute Gasteiger partial charge is 0.496 e. The van der Waals surface area contributed by atoms with E-state index in [0.717, 1.165) is 0 Å². The number of hydrogen-bond acceptors (Lipinski definition) is 6. The van der Waals surface area contributed by atoms with E-state index in [-0.39, 0.29) is 16.9 Å². The Bertz CT molecular complexity index is 1920. The van der Waals surface area contributed by atoms with E-state index in [4.69, 9.17) is 21.1 Å². The molecule has 5 rings (SSSR count). The molecule has 0 spiro atoms. The average molecular weight is 598 g/mol. The molecule has 10 heteroatoms. The maximum absolute atomic E-state index is 13.8. The highest BCUT2D eigenvalue weighted by molar-refractivity contribution is 6.30. The first-order chi connectivity index (χ1) is 20.6. The predicted octanol–water partition coefficient (Wildman–Crippen LogP) is 6.51. The zero-order valence-electron chi connectivity index (χ0n) is 23.0. The molecule has 5 aromatic rings. The minimum absolute atomic E-state index is 0.0733. The topological polar surface area (TPSA) is 132 Å². The van der Waals surface area contributed by atoms with Crippen LogP contribution in [-0.2, 0) is 11.2 Å². The molecular weight excluding hydrogens is 574 g/mol. The lowest BCUT2D eigenvalue weighted by Gasteiger charge is -2.16. The summed E-state index contributed by atoms with van der Waals surface area (Å²) in [6, 6.07) is 21.9. The van der Waals surface area contributed by atoms with Crippen LogP contribution in [0.15, 0.2) is 84.9 Å². The number of carboxylic acids is 2. The molecule has 9 nitrogen and oxygen atoms in total. The number of aromatic carboxylic acids is 1. The molecule has 43 heavy (non-hydrogen) atoms. The van der Waals surface area contributed by atoms with Gasteiger partial charge in [0.05, 0.1) is 24.6 Å². The molecule has 1 heterocycles. The summed E-state index contributed by atoms with van der Waals surface area (Å²) in [7, 11) is 1.44. The standard InChI is InChI=1S/C33H24ClNO8/c1-18-24(17-28(36)37)29-25(35(18)31(38)19-11-13-20(34)14-12-19)15-16-27(42-2)30(29)21-7-3-4-8-22(21)33(41)43-26-10-6-5-9-23(26)32(39)40/h3-16H,17H2,1-2H3,(H,36,37)(H,39,40). The van der Waals surface area contributed by atoms with E-state index in [9.17, 15) is 29.4 Å². The zero-order valence-corrected chi connectivity index (χ0v) is 23.7. The molecule has 0 aliphatic heterocycles. The molecule has 0 aliphatic rings. The number of fused-ring (bicyclic) bond motifs is 1. The zero-order chi connectivity index (χ0) is 30.8. The van der Waals surface area contributed by atoms with E-state index in [1.807, 2.05) is 0 Å². The summed E-state index contributed by atoms with van der Waals surface area (Å²) < 4.78 is 12.7. The van der Waals surface area contributed by atoms with Gasteiger partial charge in [-0.15, -0.1) is 0 Å².